The van der Waals surface area contributed by atoms with Crippen LogP contribution in [0.15, 0.2) is 54.6 Å². The standard InChI is InChI=1S/C24H29NO5/c1-18(24(27)25-20-10-6-3-7-11-20)30-23(26)17-29-22-14-12-21(13-15-22)28-16-19-8-4-2-5-9-19/h2,4-5,8-9,12-15,18,20H,3,6-7,10-11,16-17H2,1H3,(H,25,27)/t18-/m0/s1. The summed E-state index contributed by atoms with van der Waals surface area (Å²) in [5.41, 5.74) is 1.09. The van der Waals surface area contributed by atoms with Crippen molar-refractivity contribution >= 4 is 11.9 Å². The predicted molar refractivity (Wildman–Crippen MR) is 113 cm³/mol. The summed E-state index contributed by atoms with van der Waals surface area (Å²) in [7, 11) is 0. The number of rotatable bonds is 9. The van der Waals surface area contributed by atoms with Crippen LogP contribution in [0.1, 0.15) is 44.6 Å². The molecular formula is C24H29NO5. The largest absolute Gasteiger partial charge is 0.489 e. The fourth-order valence-corrected chi connectivity index (χ4v) is 3.37. The Morgan fingerprint density at radius 1 is 0.933 bits per heavy atom. The van der Waals surface area contributed by atoms with Crippen LogP contribution in [0.4, 0.5) is 0 Å². The van der Waals surface area contributed by atoms with Gasteiger partial charge in [-0.3, -0.25) is 4.79 Å². The summed E-state index contributed by atoms with van der Waals surface area (Å²) in [4.78, 5) is 24.2. The Morgan fingerprint density at radius 2 is 1.57 bits per heavy atom. The van der Waals surface area contributed by atoms with Gasteiger partial charge in [0.05, 0.1) is 0 Å². The highest BCUT2D eigenvalue weighted by Gasteiger charge is 2.22. The highest BCUT2D eigenvalue weighted by molar-refractivity contribution is 5.83. The lowest BCUT2D eigenvalue weighted by Crippen LogP contribution is -2.43. The molecule has 0 radical (unpaired) electrons. The van der Waals surface area contributed by atoms with Crippen LogP contribution in [-0.2, 0) is 20.9 Å². The maximum absolute atomic E-state index is 12.2. The molecule has 6 nitrogen and oxygen atoms in total. The Balaban J connectivity index is 1.37. The molecule has 1 aliphatic carbocycles. The zero-order valence-electron chi connectivity index (χ0n) is 17.3. The molecule has 0 bridgehead atoms. The topological polar surface area (TPSA) is 73.9 Å². The van der Waals surface area contributed by atoms with Gasteiger partial charge in [-0.2, -0.15) is 0 Å². The van der Waals surface area contributed by atoms with Crippen molar-refractivity contribution in [3.05, 3.63) is 60.2 Å². The van der Waals surface area contributed by atoms with Crippen LogP contribution in [0.25, 0.3) is 0 Å². The zero-order valence-corrected chi connectivity index (χ0v) is 17.3. The number of nitrogens with one attached hydrogen (secondary N) is 1. The lowest BCUT2D eigenvalue weighted by molar-refractivity contribution is -0.156. The van der Waals surface area contributed by atoms with Crippen molar-refractivity contribution < 1.29 is 23.8 Å². The molecule has 1 amide bonds. The molecule has 3 rings (SSSR count). The molecule has 0 aliphatic heterocycles. The summed E-state index contributed by atoms with van der Waals surface area (Å²) in [5, 5.41) is 2.96. The van der Waals surface area contributed by atoms with Crippen LogP contribution < -0.4 is 14.8 Å². The van der Waals surface area contributed by atoms with E-state index in [0.717, 1.165) is 31.2 Å². The molecule has 2 aromatic carbocycles. The van der Waals surface area contributed by atoms with Gasteiger partial charge in [0.15, 0.2) is 12.7 Å². The molecule has 1 fully saturated rings. The minimum atomic E-state index is -0.836. The summed E-state index contributed by atoms with van der Waals surface area (Å²) >= 11 is 0. The monoisotopic (exact) mass is 411 g/mol. The van der Waals surface area contributed by atoms with Crippen molar-refractivity contribution in [2.75, 3.05) is 6.61 Å². The van der Waals surface area contributed by atoms with Gasteiger partial charge in [0.2, 0.25) is 0 Å². The fraction of sp³-hybridized carbons (Fsp3) is 0.417. The summed E-state index contributed by atoms with van der Waals surface area (Å²) in [6.45, 7) is 1.80. The number of hydrogen-bond donors (Lipinski definition) is 1. The Labute approximate surface area is 177 Å². The summed E-state index contributed by atoms with van der Waals surface area (Å²) in [6.07, 6.45) is 4.61. The van der Waals surface area contributed by atoms with Crippen molar-refractivity contribution in [2.45, 2.75) is 57.8 Å². The van der Waals surface area contributed by atoms with Crippen molar-refractivity contribution in [3.8, 4) is 11.5 Å². The molecule has 0 aromatic heterocycles. The third-order valence-electron chi connectivity index (χ3n) is 5.06. The Morgan fingerprint density at radius 3 is 2.23 bits per heavy atom. The predicted octanol–water partition coefficient (Wildman–Crippen LogP) is 4.03. The van der Waals surface area contributed by atoms with E-state index in [4.69, 9.17) is 14.2 Å². The number of ether oxygens (including phenoxy) is 3. The van der Waals surface area contributed by atoms with E-state index >= 15 is 0 Å². The second-order valence-corrected chi connectivity index (χ2v) is 7.51. The van der Waals surface area contributed by atoms with Gasteiger partial charge < -0.3 is 19.5 Å². The minimum Gasteiger partial charge on any atom is -0.489 e. The first kappa shape index (κ1) is 21.7. The fourth-order valence-electron chi connectivity index (χ4n) is 3.37. The zero-order chi connectivity index (χ0) is 21.2. The molecule has 0 spiro atoms. The van der Waals surface area contributed by atoms with Gasteiger partial charge in [-0.25, -0.2) is 4.79 Å². The van der Waals surface area contributed by atoms with Gasteiger partial charge in [0.25, 0.3) is 5.91 Å². The Kier molecular flexibility index (Phi) is 8.12. The molecular weight excluding hydrogens is 382 g/mol. The Bertz CT molecular complexity index is 800. The third-order valence-corrected chi connectivity index (χ3v) is 5.06. The molecule has 2 aromatic rings. The van der Waals surface area contributed by atoms with E-state index < -0.39 is 12.1 Å². The van der Waals surface area contributed by atoms with E-state index in [-0.39, 0.29) is 18.6 Å². The molecule has 0 heterocycles. The lowest BCUT2D eigenvalue weighted by Gasteiger charge is -2.24. The number of carbonyl (C=O) groups is 2. The van der Waals surface area contributed by atoms with Gasteiger partial charge in [0.1, 0.15) is 18.1 Å². The highest BCUT2D eigenvalue weighted by atomic mass is 16.6. The van der Waals surface area contributed by atoms with E-state index in [2.05, 4.69) is 5.32 Å². The van der Waals surface area contributed by atoms with Gasteiger partial charge in [-0.05, 0) is 49.6 Å². The van der Waals surface area contributed by atoms with Gasteiger partial charge >= 0.3 is 5.97 Å². The number of hydrogen-bond acceptors (Lipinski definition) is 5. The second-order valence-electron chi connectivity index (χ2n) is 7.51. The molecule has 1 aliphatic rings. The van der Waals surface area contributed by atoms with Crippen LogP contribution in [0.2, 0.25) is 0 Å². The third kappa shape index (κ3) is 7.10. The molecule has 160 valence electrons. The molecule has 1 N–H and O–H groups in total. The Hall–Kier alpha value is -3.02. The smallest absolute Gasteiger partial charge is 0.344 e. The van der Waals surface area contributed by atoms with Crippen molar-refractivity contribution in [1.29, 1.82) is 0 Å². The van der Waals surface area contributed by atoms with Crippen LogP contribution in [0.5, 0.6) is 11.5 Å². The van der Waals surface area contributed by atoms with Crippen LogP contribution in [0.3, 0.4) is 0 Å². The lowest BCUT2D eigenvalue weighted by atomic mass is 9.95. The second kappa shape index (κ2) is 11.2. The SMILES string of the molecule is C[C@H](OC(=O)COc1ccc(OCc2ccccc2)cc1)C(=O)NC1CCCCC1. The van der Waals surface area contributed by atoms with E-state index in [1.54, 1.807) is 31.2 Å². The molecule has 0 unspecified atom stereocenters. The van der Waals surface area contributed by atoms with Crippen molar-refractivity contribution in [3.63, 3.8) is 0 Å². The highest BCUT2D eigenvalue weighted by Crippen LogP contribution is 2.19. The average molecular weight is 411 g/mol. The van der Waals surface area contributed by atoms with E-state index in [9.17, 15) is 9.59 Å². The molecule has 1 saturated carbocycles. The first-order chi connectivity index (χ1) is 14.6. The summed E-state index contributed by atoms with van der Waals surface area (Å²) in [5.74, 6) is 0.404. The molecule has 30 heavy (non-hydrogen) atoms. The number of esters is 1. The number of benzene rings is 2. The van der Waals surface area contributed by atoms with Crippen LogP contribution in [0, 0.1) is 0 Å². The van der Waals surface area contributed by atoms with Crippen molar-refractivity contribution in [2.24, 2.45) is 0 Å². The molecule has 1 atom stereocenters. The average Bonchev–Trinajstić information content (AvgIpc) is 2.78. The van der Waals surface area contributed by atoms with Gasteiger partial charge in [0, 0.05) is 6.04 Å². The molecule has 0 saturated heterocycles. The maximum atomic E-state index is 12.2. The van der Waals surface area contributed by atoms with E-state index in [1.807, 2.05) is 30.3 Å². The van der Waals surface area contributed by atoms with Crippen LogP contribution >= 0.6 is 0 Å². The summed E-state index contributed by atoms with van der Waals surface area (Å²) < 4.78 is 16.4. The van der Waals surface area contributed by atoms with Crippen LogP contribution in [-0.4, -0.2) is 30.6 Å². The normalized spacial score (nSPS) is 15.1. The first-order valence-corrected chi connectivity index (χ1v) is 10.5. The maximum Gasteiger partial charge on any atom is 0.344 e. The van der Waals surface area contributed by atoms with Crippen molar-refractivity contribution in [1.82, 2.24) is 5.32 Å². The first-order valence-electron chi connectivity index (χ1n) is 10.5. The summed E-state index contributed by atoms with van der Waals surface area (Å²) in [6, 6.07) is 17.1. The van der Waals surface area contributed by atoms with Gasteiger partial charge in [-0.1, -0.05) is 49.6 Å². The minimum absolute atomic E-state index is 0.186. The van der Waals surface area contributed by atoms with E-state index in [1.165, 1.54) is 6.42 Å². The number of amides is 1. The van der Waals surface area contributed by atoms with E-state index in [0.29, 0.717) is 18.1 Å². The quantitative estimate of drug-likeness (QED) is 0.631. The van der Waals surface area contributed by atoms with Gasteiger partial charge in [-0.15, -0.1) is 0 Å². The number of carbonyl (C=O) groups excluding carboxylic acids is 2. The molecule has 6 heteroatoms.